The van der Waals surface area contributed by atoms with E-state index < -0.39 is 73.1 Å². The fourth-order valence-electron chi connectivity index (χ4n) is 1.86. The van der Waals surface area contributed by atoms with Crippen LogP contribution < -0.4 is 21.7 Å². The third-order valence-electron chi connectivity index (χ3n) is 3.47. The first kappa shape index (κ1) is 24.8. The van der Waals surface area contributed by atoms with Crippen molar-refractivity contribution in [3.8, 4) is 0 Å². The predicted molar refractivity (Wildman–Crippen MR) is 91.8 cm³/mol. The Bertz CT molecular complexity index is 635. The highest BCUT2D eigenvalue weighted by molar-refractivity contribution is 5.95. The summed E-state index contributed by atoms with van der Waals surface area (Å²) in [6, 6.07) is -4.38. The Morgan fingerprint density at radius 1 is 0.821 bits per heavy atom. The summed E-state index contributed by atoms with van der Waals surface area (Å²) in [5, 5.41) is 32.5. The van der Waals surface area contributed by atoms with Crippen molar-refractivity contribution in [1.82, 2.24) is 16.0 Å². The van der Waals surface area contributed by atoms with Gasteiger partial charge in [0.2, 0.25) is 17.7 Å². The zero-order valence-electron chi connectivity index (χ0n) is 15.3. The number of nitrogens with two attached hydrogens (primary N) is 1. The van der Waals surface area contributed by atoms with Crippen molar-refractivity contribution >= 4 is 35.6 Å². The first-order valence-corrected chi connectivity index (χ1v) is 8.14. The van der Waals surface area contributed by atoms with Gasteiger partial charge >= 0.3 is 17.9 Å². The van der Waals surface area contributed by atoms with Crippen LogP contribution in [0, 0.1) is 5.92 Å². The number of hydrogen-bond donors (Lipinski definition) is 7. The molecular weight excluding hydrogens is 380 g/mol. The Kier molecular flexibility index (Phi) is 10.2. The molecule has 0 aromatic carbocycles. The summed E-state index contributed by atoms with van der Waals surface area (Å²) in [5.74, 6) is -7.57. The van der Waals surface area contributed by atoms with Crippen molar-refractivity contribution in [3.05, 3.63) is 0 Å². The number of carboxylic acids is 3. The van der Waals surface area contributed by atoms with Gasteiger partial charge in [0.1, 0.15) is 12.1 Å². The van der Waals surface area contributed by atoms with E-state index in [-0.39, 0.29) is 5.92 Å². The zero-order valence-corrected chi connectivity index (χ0v) is 15.3. The quantitative estimate of drug-likeness (QED) is 0.175. The van der Waals surface area contributed by atoms with Gasteiger partial charge in [-0.25, -0.2) is 4.79 Å². The maximum atomic E-state index is 12.1. The third-order valence-corrected chi connectivity index (χ3v) is 3.47. The van der Waals surface area contributed by atoms with E-state index in [1.807, 2.05) is 10.6 Å². The van der Waals surface area contributed by atoms with E-state index >= 15 is 0 Å². The van der Waals surface area contributed by atoms with Crippen LogP contribution in [0.3, 0.4) is 0 Å². The average molecular weight is 404 g/mol. The maximum Gasteiger partial charge on any atom is 0.326 e. The van der Waals surface area contributed by atoms with E-state index in [0.717, 1.165) is 0 Å². The lowest BCUT2D eigenvalue weighted by Crippen LogP contribution is -2.54. The normalized spacial score (nSPS) is 13.7. The molecule has 28 heavy (non-hydrogen) atoms. The molecule has 0 heterocycles. The van der Waals surface area contributed by atoms with E-state index in [1.54, 1.807) is 13.8 Å². The molecule has 3 amide bonds. The summed E-state index contributed by atoms with van der Waals surface area (Å²) < 4.78 is 0. The molecule has 0 saturated carbocycles. The first-order valence-electron chi connectivity index (χ1n) is 8.14. The number of carbonyl (C=O) groups is 6. The molecule has 0 radical (unpaired) electrons. The lowest BCUT2D eigenvalue weighted by Gasteiger charge is -2.20. The van der Waals surface area contributed by atoms with Crippen LogP contribution in [0.5, 0.6) is 0 Å². The van der Waals surface area contributed by atoms with Gasteiger partial charge in [0.05, 0.1) is 25.4 Å². The second kappa shape index (κ2) is 11.5. The standard InChI is InChI=1S/C15H24N4O9/c1-6(2)12(16)14(26)17-5-9(20)18-7(3-10(21)22)13(25)19-8(15(27)28)4-11(23)24/h6-8,12H,3-5,16H2,1-2H3,(H,17,26)(H,18,20)(H,19,25)(H,21,22)(H,23,24)(H,27,28). The SMILES string of the molecule is CC(C)C(N)C(=O)NCC(=O)NC(CC(=O)O)C(=O)NC(CC(=O)O)C(=O)O. The summed E-state index contributed by atoms with van der Waals surface area (Å²) >= 11 is 0. The van der Waals surface area contributed by atoms with Gasteiger partial charge in [0.15, 0.2) is 0 Å². The predicted octanol–water partition coefficient (Wildman–Crippen LogP) is -2.91. The Morgan fingerprint density at radius 3 is 1.75 bits per heavy atom. The van der Waals surface area contributed by atoms with Gasteiger partial charge in [0.25, 0.3) is 0 Å². The fraction of sp³-hybridized carbons (Fsp3) is 0.600. The van der Waals surface area contributed by atoms with Crippen molar-refractivity contribution in [3.63, 3.8) is 0 Å². The van der Waals surface area contributed by atoms with Crippen LogP contribution in [-0.4, -0.2) is 75.6 Å². The number of nitrogens with one attached hydrogen (secondary N) is 3. The van der Waals surface area contributed by atoms with Crippen molar-refractivity contribution < 1.29 is 44.1 Å². The second-order valence-electron chi connectivity index (χ2n) is 6.20. The highest BCUT2D eigenvalue weighted by Crippen LogP contribution is 1.99. The van der Waals surface area contributed by atoms with Crippen molar-refractivity contribution in [2.45, 2.75) is 44.8 Å². The topological polar surface area (TPSA) is 225 Å². The van der Waals surface area contributed by atoms with Crippen LogP contribution in [0.1, 0.15) is 26.7 Å². The molecule has 0 aliphatic rings. The second-order valence-corrected chi connectivity index (χ2v) is 6.20. The molecule has 3 unspecified atom stereocenters. The van der Waals surface area contributed by atoms with E-state index in [2.05, 4.69) is 5.32 Å². The van der Waals surface area contributed by atoms with Gasteiger partial charge in [-0.3, -0.25) is 24.0 Å². The summed E-state index contributed by atoms with van der Waals surface area (Å²) in [4.78, 5) is 68.2. The molecule has 13 heteroatoms. The van der Waals surface area contributed by atoms with E-state index in [4.69, 9.17) is 21.1 Å². The molecule has 3 atom stereocenters. The monoisotopic (exact) mass is 404 g/mol. The Balaban J connectivity index is 4.97. The lowest BCUT2D eigenvalue weighted by molar-refractivity contribution is -0.148. The van der Waals surface area contributed by atoms with Gasteiger partial charge in [-0.15, -0.1) is 0 Å². The summed E-state index contributed by atoms with van der Waals surface area (Å²) in [6.45, 7) is 2.78. The molecule has 0 spiro atoms. The number of aliphatic carboxylic acids is 3. The number of amides is 3. The summed E-state index contributed by atoms with van der Waals surface area (Å²) in [6.07, 6.45) is -1.84. The van der Waals surface area contributed by atoms with E-state index in [0.29, 0.717) is 0 Å². The molecule has 0 bridgehead atoms. The number of carboxylic acid groups (broad SMARTS) is 3. The number of rotatable bonds is 12. The molecule has 8 N–H and O–H groups in total. The van der Waals surface area contributed by atoms with Crippen molar-refractivity contribution in [1.29, 1.82) is 0 Å². The molecular formula is C15H24N4O9. The van der Waals surface area contributed by atoms with Crippen LogP contribution in [0.2, 0.25) is 0 Å². The molecule has 0 saturated heterocycles. The highest BCUT2D eigenvalue weighted by Gasteiger charge is 2.29. The van der Waals surface area contributed by atoms with Gasteiger partial charge in [-0.2, -0.15) is 0 Å². The van der Waals surface area contributed by atoms with Crippen LogP contribution in [0.25, 0.3) is 0 Å². The Morgan fingerprint density at radius 2 is 1.32 bits per heavy atom. The third kappa shape index (κ3) is 9.47. The zero-order chi connectivity index (χ0) is 22.0. The molecule has 0 aliphatic heterocycles. The van der Waals surface area contributed by atoms with Crippen LogP contribution in [0.4, 0.5) is 0 Å². The summed E-state index contributed by atoms with van der Waals surface area (Å²) in [5.41, 5.74) is 5.60. The van der Waals surface area contributed by atoms with Gasteiger partial charge in [-0.05, 0) is 5.92 Å². The van der Waals surface area contributed by atoms with E-state index in [1.165, 1.54) is 0 Å². The molecule has 0 fully saturated rings. The molecule has 0 aromatic rings. The van der Waals surface area contributed by atoms with Gasteiger partial charge < -0.3 is 37.0 Å². The maximum absolute atomic E-state index is 12.1. The number of hydrogen-bond acceptors (Lipinski definition) is 7. The van der Waals surface area contributed by atoms with E-state index in [9.17, 15) is 28.8 Å². The molecule has 13 nitrogen and oxygen atoms in total. The average Bonchev–Trinajstić information content (AvgIpc) is 2.56. The minimum Gasteiger partial charge on any atom is -0.481 e. The van der Waals surface area contributed by atoms with Crippen molar-refractivity contribution in [2.75, 3.05) is 6.54 Å². The molecule has 0 aliphatic carbocycles. The lowest BCUT2D eigenvalue weighted by atomic mass is 10.1. The Labute approximate surface area is 159 Å². The summed E-state index contributed by atoms with van der Waals surface area (Å²) in [7, 11) is 0. The molecule has 0 aromatic heterocycles. The van der Waals surface area contributed by atoms with Crippen LogP contribution >= 0.6 is 0 Å². The van der Waals surface area contributed by atoms with Crippen LogP contribution in [0.15, 0.2) is 0 Å². The minimum absolute atomic E-state index is 0.198. The molecule has 0 rings (SSSR count). The number of carbonyl (C=O) groups excluding carboxylic acids is 3. The fourth-order valence-corrected chi connectivity index (χ4v) is 1.86. The Hall–Kier alpha value is -3.22. The van der Waals surface area contributed by atoms with Crippen LogP contribution in [-0.2, 0) is 28.8 Å². The largest absolute Gasteiger partial charge is 0.481 e. The minimum atomic E-state index is -1.82. The van der Waals surface area contributed by atoms with Gasteiger partial charge in [-0.1, -0.05) is 13.8 Å². The smallest absolute Gasteiger partial charge is 0.326 e. The van der Waals surface area contributed by atoms with Gasteiger partial charge in [0, 0.05) is 0 Å². The first-order chi connectivity index (χ1) is 12.8. The highest BCUT2D eigenvalue weighted by atomic mass is 16.4. The van der Waals surface area contributed by atoms with Crippen molar-refractivity contribution in [2.24, 2.45) is 11.7 Å². The molecule has 158 valence electrons.